The first-order chi connectivity index (χ1) is 15.3. The lowest BCUT2D eigenvalue weighted by molar-refractivity contribution is 0.0850. The zero-order chi connectivity index (χ0) is 24.5. The molecule has 0 spiro atoms. The molecular weight excluding hydrogens is 384 g/mol. The van der Waals surface area contributed by atoms with Crippen LogP contribution < -0.4 is 0 Å². The number of benzene rings is 1. The van der Waals surface area contributed by atoms with Crippen molar-refractivity contribution in [1.29, 1.82) is 0 Å². The number of hydrogen-bond acceptors (Lipinski definition) is 0. The second kappa shape index (κ2) is 10.6. The molecule has 0 nitrogen and oxygen atoms in total. The molecule has 0 aromatic heterocycles. The van der Waals surface area contributed by atoms with Gasteiger partial charge in [0.05, 0.1) is 0 Å². The lowest BCUT2D eigenvalue weighted by Crippen LogP contribution is -2.58. The maximum atomic E-state index is 4.12. The summed E-state index contributed by atoms with van der Waals surface area (Å²) in [5, 5.41) is 0. The van der Waals surface area contributed by atoms with Crippen LogP contribution in [0.25, 0.3) is 6.08 Å². The first-order valence-corrected chi connectivity index (χ1v) is 10.5. The van der Waals surface area contributed by atoms with Gasteiger partial charge in [-0.2, -0.15) is 0 Å². The van der Waals surface area contributed by atoms with E-state index in [1.165, 1.54) is 5.56 Å². The van der Waals surface area contributed by atoms with Crippen molar-refractivity contribution in [2.45, 2.75) is 0 Å². The van der Waals surface area contributed by atoms with E-state index < -0.39 is 21.7 Å². The Bertz CT molecular complexity index is 929. The van der Waals surface area contributed by atoms with E-state index in [2.05, 4.69) is 71.9 Å². The molecule has 1 aromatic rings. The van der Waals surface area contributed by atoms with Gasteiger partial charge in [0, 0.05) is 21.7 Å². The van der Waals surface area contributed by atoms with Gasteiger partial charge in [-0.3, -0.25) is 0 Å². The van der Waals surface area contributed by atoms with E-state index in [0.717, 1.165) is 5.57 Å². The summed E-state index contributed by atoms with van der Waals surface area (Å²) in [4.78, 5) is 0. The molecule has 32 heavy (non-hydrogen) atoms. The highest BCUT2D eigenvalue weighted by Crippen LogP contribution is 2.70. The Labute approximate surface area is 195 Å². The third-order valence-corrected chi connectivity index (χ3v) is 6.82. The molecule has 0 heterocycles. The van der Waals surface area contributed by atoms with E-state index in [-0.39, 0.29) is 0 Å². The zero-order valence-corrected chi connectivity index (χ0v) is 19.3. The second-order valence-electron chi connectivity index (χ2n) is 7.59. The fraction of sp³-hybridized carbons (Fsp3) is 0.125. The molecule has 0 radical (unpaired) electrons. The molecule has 0 atom stereocenters. The average Bonchev–Trinajstić information content (AvgIpc) is 2.87. The Morgan fingerprint density at radius 2 is 0.969 bits per heavy atom. The lowest BCUT2D eigenvalue weighted by Gasteiger charge is -2.63. The van der Waals surface area contributed by atoms with Gasteiger partial charge in [-0.05, 0) is 11.1 Å². The van der Waals surface area contributed by atoms with E-state index in [9.17, 15) is 0 Å². The standard InChI is InChI=1S/C24H28.C8H8/c1-10-20-19-21(11-2,12-3)23(15-6,16-7)24(17-8,18-9)22(20,13-4)14-5;1-2-8-6-4-3-5-7-8/h10-19H,1-9H2;2-7H,1H2. The van der Waals surface area contributed by atoms with Crippen LogP contribution in [0.2, 0.25) is 0 Å². The maximum Gasteiger partial charge on any atom is 0.0441 e. The molecule has 0 heteroatoms. The highest BCUT2D eigenvalue weighted by Gasteiger charge is 2.65. The number of allylic oxidation sites excluding steroid dienone is 11. The van der Waals surface area contributed by atoms with Crippen LogP contribution in [0.5, 0.6) is 0 Å². The topological polar surface area (TPSA) is 0 Å². The van der Waals surface area contributed by atoms with Gasteiger partial charge < -0.3 is 0 Å². The Hall–Kier alpha value is -3.64. The third kappa shape index (κ3) is 3.42. The summed E-state index contributed by atoms with van der Waals surface area (Å²) in [6.07, 6.45) is 20.6. The summed E-state index contributed by atoms with van der Waals surface area (Å²) in [6.45, 7) is 40.3. The first kappa shape index (κ1) is 26.4. The SMILES string of the molecule is C=CC1=CC(C=C)(C=C)C(C=C)(C=C)C(C=C)(C=C)C1(C=C)C=C.C=Cc1ccccc1. The minimum Gasteiger partial charge on any atom is -0.102 e. The molecule has 1 aliphatic rings. The Morgan fingerprint density at radius 3 is 1.25 bits per heavy atom. The van der Waals surface area contributed by atoms with Crippen LogP contribution in [-0.2, 0) is 0 Å². The van der Waals surface area contributed by atoms with Gasteiger partial charge in [0.25, 0.3) is 0 Å². The molecule has 164 valence electrons. The summed E-state index contributed by atoms with van der Waals surface area (Å²) in [7, 11) is 0. The van der Waals surface area contributed by atoms with Crippen molar-refractivity contribution in [3.05, 3.63) is 168 Å². The summed E-state index contributed by atoms with van der Waals surface area (Å²) in [5.41, 5.74) is -0.636. The predicted octanol–water partition coefficient (Wildman–Crippen LogP) is 8.88. The van der Waals surface area contributed by atoms with E-state index in [1.54, 1.807) is 0 Å². The molecule has 2 rings (SSSR count). The quantitative estimate of drug-likeness (QED) is 0.331. The van der Waals surface area contributed by atoms with Crippen molar-refractivity contribution < 1.29 is 0 Å². The van der Waals surface area contributed by atoms with Crippen LogP contribution in [0.3, 0.4) is 0 Å². The van der Waals surface area contributed by atoms with Crippen molar-refractivity contribution in [3.63, 3.8) is 0 Å². The summed E-state index contributed by atoms with van der Waals surface area (Å²) in [5.74, 6) is 0. The van der Waals surface area contributed by atoms with E-state index in [4.69, 9.17) is 0 Å². The normalized spacial score (nSPS) is 18.6. The molecule has 0 saturated carbocycles. The average molecular weight is 421 g/mol. The van der Waals surface area contributed by atoms with Crippen LogP contribution in [0.4, 0.5) is 0 Å². The highest BCUT2D eigenvalue weighted by atomic mass is 14.7. The van der Waals surface area contributed by atoms with E-state index >= 15 is 0 Å². The van der Waals surface area contributed by atoms with Crippen LogP contribution in [0, 0.1) is 21.7 Å². The van der Waals surface area contributed by atoms with Gasteiger partial charge in [0.15, 0.2) is 0 Å². The molecule has 1 aliphatic carbocycles. The van der Waals surface area contributed by atoms with Gasteiger partial charge in [0.1, 0.15) is 0 Å². The Kier molecular flexibility index (Phi) is 8.74. The van der Waals surface area contributed by atoms with Gasteiger partial charge in [-0.25, -0.2) is 0 Å². The first-order valence-electron chi connectivity index (χ1n) is 10.5. The number of hydrogen-bond donors (Lipinski definition) is 0. The maximum absolute atomic E-state index is 4.12. The minimum absolute atomic E-state index is 0.641. The summed E-state index contributed by atoms with van der Waals surface area (Å²) < 4.78 is 0. The largest absolute Gasteiger partial charge is 0.102 e. The molecule has 0 fully saturated rings. The molecule has 0 amide bonds. The smallest absolute Gasteiger partial charge is 0.0441 e. The van der Waals surface area contributed by atoms with Crippen LogP contribution in [0.1, 0.15) is 5.56 Å². The van der Waals surface area contributed by atoms with Gasteiger partial charge in [-0.1, -0.05) is 110 Å². The van der Waals surface area contributed by atoms with Crippen molar-refractivity contribution in [2.24, 2.45) is 21.7 Å². The van der Waals surface area contributed by atoms with Crippen molar-refractivity contribution in [3.8, 4) is 0 Å². The van der Waals surface area contributed by atoms with Crippen molar-refractivity contribution in [1.82, 2.24) is 0 Å². The predicted molar refractivity (Wildman–Crippen MR) is 146 cm³/mol. The Morgan fingerprint density at radius 1 is 0.500 bits per heavy atom. The molecule has 0 bridgehead atoms. The summed E-state index contributed by atoms with van der Waals surface area (Å²) in [6, 6.07) is 10.0. The lowest BCUT2D eigenvalue weighted by atomic mass is 9.38. The molecule has 0 N–H and O–H groups in total. The van der Waals surface area contributed by atoms with Crippen LogP contribution in [0.15, 0.2) is 162 Å². The van der Waals surface area contributed by atoms with Crippen LogP contribution >= 0.6 is 0 Å². The summed E-state index contributed by atoms with van der Waals surface area (Å²) >= 11 is 0. The van der Waals surface area contributed by atoms with Crippen molar-refractivity contribution in [2.75, 3.05) is 0 Å². The van der Waals surface area contributed by atoms with E-state index in [0.29, 0.717) is 0 Å². The van der Waals surface area contributed by atoms with Gasteiger partial charge in [-0.15, -0.1) is 52.6 Å². The van der Waals surface area contributed by atoms with Gasteiger partial charge >= 0.3 is 0 Å². The zero-order valence-electron chi connectivity index (χ0n) is 19.3. The highest BCUT2D eigenvalue weighted by molar-refractivity contribution is 5.56. The fourth-order valence-electron chi connectivity index (χ4n) is 4.98. The van der Waals surface area contributed by atoms with Gasteiger partial charge in [0.2, 0.25) is 0 Å². The van der Waals surface area contributed by atoms with Crippen molar-refractivity contribution >= 4 is 6.08 Å². The fourth-order valence-corrected chi connectivity index (χ4v) is 4.98. The molecule has 0 saturated heterocycles. The Balaban J connectivity index is 0.000000533. The minimum atomic E-state index is -0.729. The molecule has 0 aliphatic heterocycles. The molecular formula is C32H36. The monoisotopic (exact) mass is 420 g/mol. The molecule has 1 aromatic carbocycles. The second-order valence-corrected chi connectivity index (χ2v) is 7.59. The molecule has 0 unspecified atom stereocenters. The van der Waals surface area contributed by atoms with E-state index in [1.807, 2.05) is 91.1 Å². The third-order valence-electron chi connectivity index (χ3n) is 6.82. The number of rotatable bonds is 10. The van der Waals surface area contributed by atoms with Crippen LogP contribution in [-0.4, -0.2) is 0 Å².